The molecule has 2 rings (SSSR count). The van der Waals surface area contributed by atoms with Gasteiger partial charge in [-0.2, -0.15) is 0 Å². The van der Waals surface area contributed by atoms with Crippen LogP contribution >= 0.6 is 15.9 Å². The number of aromatic nitrogens is 1. The molecular formula is C11H16BrN3. The van der Waals surface area contributed by atoms with E-state index in [1.165, 1.54) is 12.8 Å². The summed E-state index contributed by atoms with van der Waals surface area (Å²) in [6.45, 7) is 4.26. The number of hydrogen-bond acceptors (Lipinski definition) is 3. The summed E-state index contributed by atoms with van der Waals surface area (Å²) in [4.78, 5) is 4.38. The Labute approximate surface area is 98.8 Å². The Morgan fingerprint density at radius 3 is 2.80 bits per heavy atom. The van der Waals surface area contributed by atoms with Gasteiger partial charge in [-0.3, -0.25) is 0 Å². The van der Waals surface area contributed by atoms with Crippen LogP contribution < -0.4 is 10.6 Å². The molecule has 15 heavy (non-hydrogen) atoms. The van der Waals surface area contributed by atoms with Gasteiger partial charge < -0.3 is 10.6 Å². The highest BCUT2D eigenvalue weighted by Gasteiger charge is 2.13. The first kappa shape index (κ1) is 10.9. The van der Waals surface area contributed by atoms with Crippen molar-refractivity contribution in [3.8, 4) is 0 Å². The molecule has 82 valence electrons. The van der Waals surface area contributed by atoms with Crippen LogP contribution in [0, 0.1) is 6.92 Å². The fourth-order valence-corrected chi connectivity index (χ4v) is 2.27. The van der Waals surface area contributed by atoms with Crippen molar-refractivity contribution in [2.45, 2.75) is 25.8 Å². The van der Waals surface area contributed by atoms with Crippen LogP contribution in [0.2, 0.25) is 0 Å². The van der Waals surface area contributed by atoms with E-state index in [1.807, 2.05) is 13.0 Å². The minimum Gasteiger partial charge on any atom is -0.381 e. The molecule has 2 heterocycles. The zero-order chi connectivity index (χ0) is 10.7. The van der Waals surface area contributed by atoms with Gasteiger partial charge in [0.2, 0.25) is 0 Å². The maximum Gasteiger partial charge on any atom is 0.106 e. The maximum atomic E-state index is 4.38. The molecule has 0 atom stereocenters. The van der Waals surface area contributed by atoms with Crippen LogP contribution in [0.3, 0.4) is 0 Å². The monoisotopic (exact) mass is 269 g/mol. The molecule has 1 aliphatic heterocycles. The molecule has 0 radical (unpaired) electrons. The minimum atomic E-state index is 0.591. The largest absolute Gasteiger partial charge is 0.381 e. The van der Waals surface area contributed by atoms with E-state index in [1.54, 1.807) is 0 Å². The Balaban J connectivity index is 2.03. The molecule has 0 aromatic carbocycles. The highest BCUT2D eigenvalue weighted by molar-refractivity contribution is 9.10. The molecule has 0 saturated carbocycles. The standard InChI is InChI=1S/C11H16BrN3/c1-8-10(2-3-11(12)14-8)15-9-4-6-13-7-5-9/h2-3,9,13,15H,4-7H2,1H3. The Kier molecular flexibility index (Phi) is 3.59. The summed E-state index contributed by atoms with van der Waals surface area (Å²) < 4.78 is 0.899. The summed E-state index contributed by atoms with van der Waals surface area (Å²) in [5, 5.41) is 6.91. The van der Waals surface area contributed by atoms with Gasteiger partial charge in [0.05, 0.1) is 11.4 Å². The summed E-state index contributed by atoms with van der Waals surface area (Å²) in [5.74, 6) is 0. The first-order valence-corrected chi connectivity index (χ1v) is 6.15. The van der Waals surface area contributed by atoms with Crippen LogP contribution in [-0.2, 0) is 0 Å². The number of hydrogen-bond donors (Lipinski definition) is 2. The zero-order valence-corrected chi connectivity index (χ0v) is 10.5. The average Bonchev–Trinajstić information content (AvgIpc) is 2.24. The van der Waals surface area contributed by atoms with Crippen molar-refractivity contribution >= 4 is 21.6 Å². The van der Waals surface area contributed by atoms with Crippen molar-refractivity contribution in [2.24, 2.45) is 0 Å². The van der Waals surface area contributed by atoms with Gasteiger partial charge in [-0.1, -0.05) is 0 Å². The minimum absolute atomic E-state index is 0.591. The third-order valence-corrected chi connectivity index (χ3v) is 3.19. The smallest absolute Gasteiger partial charge is 0.106 e. The van der Waals surface area contributed by atoms with Gasteiger partial charge in [0, 0.05) is 6.04 Å². The topological polar surface area (TPSA) is 37.0 Å². The van der Waals surface area contributed by atoms with Crippen molar-refractivity contribution < 1.29 is 0 Å². The Hall–Kier alpha value is -0.610. The van der Waals surface area contributed by atoms with Gasteiger partial charge in [0.25, 0.3) is 0 Å². The van der Waals surface area contributed by atoms with Crippen LogP contribution in [-0.4, -0.2) is 24.1 Å². The van der Waals surface area contributed by atoms with E-state index in [0.717, 1.165) is 29.1 Å². The van der Waals surface area contributed by atoms with Crippen LogP contribution in [0.4, 0.5) is 5.69 Å². The molecule has 1 saturated heterocycles. The van der Waals surface area contributed by atoms with Gasteiger partial charge in [0.15, 0.2) is 0 Å². The van der Waals surface area contributed by atoms with Crippen molar-refractivity contribution in [3.05, 3.63) is 22.4 Å². The van der Waals surface area contributed by atoms with Gasteiger partial charge in [0.1, 0.15) is 4.60 Å². The highest BCUT2D eigenvalue weighted by Crippen LogP contribution is 2.19. The van der Waals surface area contributed by atoms with Gasteiger partial charge in [-0.15, -0.1) is 0 Å². The summed E-state index contributed by atoms with van der Waals surface area (Å²) in [6, 6.07) is 4.66. The van der Waals surface area contributed by atoms with Crippen LogP contribution in [0.15, 0.2) is 16.7 Å². The second-order valence-electron chi connectivity index (χ2n) is 3.94. The lowest BCUT2D eigenvalue weighted by Crippen LogP contribution is -2.35. The first-order valence-electron chi connectivity index (χ1n) is 5.36. The molecule has 4 heteroatoms. The lowest BCUT2D eigenvalue weighted by molar-refractivity contribution is 0.479. The lowest BCUT2D eigenvalue weighted by Gasteiger charge is -2.25. The van der Waals surface area contributed by atoms with E-state index in [0.29, 0.717) is 6.04 Å². The normalized spacial score (nSPS) is 17.7. The van der Waals surface area contributed by atoms with E-state index in [2.05, 4.69) is 37.6 Å². The maximum absolute atomic E-state index is 4.38. The fourth-order valence-electron chi connectivity index (χ4n) is 1.87. The molecular weight excluding hydrogens is 254 g/mol. The quantitative estimate of drug-likeness (QED) is 0.810. The first-order chi connectivity index (χ1) is 7.25. The Morgan fingerprint density at radius 1 is 1.40 bits per heavy atom. The third kappa shape index (κ3) is 2.92. The van der Waals surface area contributed by atoms with Crippen LogP contribution in [0.1, 0.15) is 18.5 Å². The second-order valence-corrected chi connectivity index (χ2v) is 4.75. The number of nitrogens with zero attached hydrogens (tertiary/aromatic N) is 1. The molecule has 0 amide bonds. The number of nitrogens with one attached hydrogen (secondary N) is 2. The summed E-state index contributed by atoms with van der Waals surface area (Å²) >= 11 is 3.37. The fraction of sp³-hybridized carbons (Fsp3) is 0.545. The molecule has 1 aromatic heterocycles. The zero-order valence-electron chi connectivity index (χ0n) is 8.89. The van der Waals surface area contributed by atoms with Crippen molar-refractivity contribution in [1.29, 1.82) is 0 Å². The number of anilines is 1. The highest BCUT2D eigenvalue weighted by atomic mass is 79.9. The summed E-state index contributed by atoms with van der Waals surface area (Å²) in [6.07, 6.45) is 2.38. The molecule has 0 bridgehead atoms. The predicted molar refractivity (Wildman–Crippen MR) is 66.2 cm³/mol. The van der Waals surface area contributed by atoms with E-state index in [4.69, 9.17) is 0 Å². The lowest BCUT2D eigenvalue weighted by atomic mass is 10.1. The van der Waals surface area contributed by atoms with Crippen molar-refractivity contribution in [3.63, 3.8) is 0 Å². The average molecular weight is 270 g/mol. The molecule has 1 fully saturated rings. The molecule has 1 aliphatic rings. The Bertz CT molecular complexity index is 335. The molecule has 2 N–H and O–H groups in total. The van der Waals surface area contributed by atoms with Gasteiger partial charge >= 0.3 is 0 Å². The van der Waals surface area contributed by atoms with Crippen LogP contribution in [0.5, 0.6) is 0 Å². The van der Waals surface area contributed by atoms with Gasteiger partial charge in [-0.25, -0.2) is 4.98 Å². The number of halogens is 1. The van der Waals surface area contributed by atoms with E-state index in [9.17, 15) is 0 Å². The molecule has 3 nitrogen and oxygen atoms in total. The SMILES string of the molecule is Cc1nc(Br)ccc1NC1CCNCC1. The van der Waals surface area contributed by atoms with Gasteiger partial charge in [-0.05, 0) is 60.9 Å². The molecule has 0 unspecified atom stereocenters. The molecule has 0 spiro atoms. The number of aryl methyl sites for hydroxylation is 1. The van der Waals surface area contributed by atoms with E-state index < -0.39 is 0 Å². The van der Waals surface area contributed by atoms with Crippen molar-refractivity contribution in [1.82, 2.24) is 10.3 Å². The second kappa shape index (κ2) is 4.94. The van der Waals surface area contributed by atoms with Crippen molar-refractivity contribution in [2.75, 3.05) is 18.4 Å². The number of piperidine rings is 1. The molecule has 1 aromatic rings. The van der Waals surface area contributed by atoms with Crippen LogP contribution in [0.25, 0.3) is 0 Å². The van der Waals surface area contributed by atoms with E-state index >= 15 is 0 Å². The molecule has 0 aliphatic carbocycles. The number of pyridine rings is 1. The Morgan fingerprint density at radius 2 is 2.13 bits per heavy atom. The van der Waals surface area contributed by atoms with E-state index in [-0.39, 0.29) is 0 Å². The predicted octanol–water partition coefficient (Wildman–Crippen LogP) is 2.32. The number of rotatable bonds is 2. The summed E-state index contributed by atoms with van der Waals surface area (Å²) in [5.41, 5.74) is 2.22. The third-order valence-electron chi connectivity index (χ3n) is 2.75. The summed E-state index contributed by atoms with van der Waals surface area (Å²) in [7, 11) is 0.